The Balaban J connectivity index is 2.10. The van der Waals surface area contributed by atoms with Crippen molar-refractivity contribution < 1.29 is 19.3 Å². The van der Waals surface area contributed by atoms with Crippen molar-refractivity contribution in [3.63, 3.8) is 0 Å². The number of hydrogen-bond acceptors (Lipinski definition) is 4. The number of esters is 1. The number of carbonyl (C=O) groups excluding carboxylic acids is 1. The molecular formula is C9H16O4. The normalized spacial score (nSPS) is 26.6. The van der Waals surface area contributed by atoms with Gasteiger partial charge in [0.15, 0.2) is 0 Å². The van der Waals surface area contributed by atoms with Crippen LogP contribution in [0.5, 0.6) is 0 Å². The molecule has 0 saturated carbocycles. The molecule has 4 nitrogen and oxygen atoms in total. The molecule has 0 radical (unpaired) electrons. The van der Waals surface area contributed by atoms with Gasteiger partial charge in [-0.2, -0.15) is 0 Å². The molecule has 1 rings (SSSR count). The predicted octanol–water partition coefficient (Wildman–Crippen LogP) is 1.44. The van der Waals surface area contributed by atoms with Crippen molar-refractivity contribution in [1.29, 1.82) is 0 Å². The molecule has 0 aliphatic carbocycles. The monoisotopic (exact) mass is 188 g/mol. The van der Waals surface area contributed by atoms with E-state index in [0.29, 0.717) is 13.2 Å². The zero-order chi connectivity index (χ0) is 9.73. The maximum atomic E-state index is 11.3. The Labute approximate surface area is 78.1 Å². The molecule has 0 aromatic carbocycles. The molecule has 1 fully saturated rings. The van der Waals surface area contributed by atoms with Crippen LogP contribution in [-0.2, 0) is 19.3 Å². The Hall–Kier alpha value is -0.610. The molecule has 1 heterocycles. The first-order chi connectivity index (χ1) is 6.19. The predicted molar refractivity (Wildman–Crippen MR) is 45.9 cm³/mol. The van der Waals surface area contributed by atoms with Crippen molar-refractivity contribution >= 4 is 5.97 Å². The second-order valence-electron chi connectivity index (χ2n) is 3.42. The lowest BCUT2D eigenvalue weighted by molar-refractivity contribution is -0.453. The fourth-order valence-electron chi connectivity index (χ4n) is 0.998. The maximum Gasteiger partial charge on any atom is 0.344 e. The van der Waals surface area contributed by atoms with E-state index in [9.17, 15) is 4.79 Å². The van der Waals surface area contributed by atoms with Gasteiger partial charge in [0.2, 0.25) is 5.60 Å². The molecule has 0 N–H and O–H groups in total. The largest absolute Gasteiger partial charge is 0.463 e. The Morgan fingerprint density at radius 1 is 1.54 bits per heavy atom. The first-order valence-corrected chi connectivity index (χ1v) is 4.67. The van der Waals surface area contributed by atoms with Gasteiger partial charge < -0.3 is 4.74 Å². The van der Waals surface area contributed by atoms with E-state index < -0.39 is 5.60 Å². The maximum absolute atomic E-state index is 11.3. The minimum Gasteiger partial charge on any atom is -0.463 e. The van der Waals surface area contributed by atoms with E-state index in [1.165, 1.54) is 0 Å². The van der Waals surface area contributed by atoms with Crippen LogP contribution in [0.15, 0.2) is 0 Å². The van der Waals surface area contributed by atoms with Gasteiger partial charge in [0.25, 0.3) is 0 Å². The van der Waals surface area contributed by atoms with Crippen LogP contribution >= 0.6 is 0 Å². The minimum atomic E-state index is -0.855. The lowest BCUT2D eigenvalue weighted by Gasteiger charge is -2.33. The summed E-state index contributed by atoms with van der Waals surface area (Å²) in [6, 6.07) is 0. The van der Waals surface area contributed by atoms with Gasteiger partial charge in [0, 0.05) is 0 Å². The van der Waals surface area contributed by atoms with Crippen LogP contribution in [0.4, 0.5) is 0 Å². The SMILES string of the molecule is CCCCCOC(=O)C1(C)COO1. The average molecular weight is 188 g/mol. The molecule has 13 heavy (non-hydrogen) atoms. The minimum absolute atomic E-state index is 0.291. The van der Waals surface area contributed by atoms with Crippen LogP contribution in [0.3, 0.4) is 0 Å². The second-order valence-corrected chi connectivity index (χ2v) is 3.42. The van der Waals surface area contributed by atoms with Crippen molar-refractivity contribution in [3.05, 3.63) is 0 Å². The smallest absolute Gasteiger partial charge is 0.344 e. The molecule has 1 aliphatic heterocycles. The summed E-state index contributed by atoms with van der Waals surface area (Å²) in [6.07, 6.45) is 3.12. The third-order valence-electron chi connectivity index (χ3n) is 1.99. The lowest BCUT2D eigenvalue weighted by Crippen LogP contribution is -2.52. The summed E-state index contributed by atoms with van der Waals surface area (Å²) in [5.41, 5.74) is -0.855. The second kappa shape index (κ2) is 4.58. The van der Waals surface area contributed by atoms with Gasteiger partial charge in [-0.1, -0.05) is 19.8 Å². The van der Waals surface area contributed by atoms with Crippen molar-refractivity contribution in [2.75, 3.05) is 13.2 Å². The Morgan fingerprint density at radius 3 is 2.69 bits per heavy atom. The summed E-state index contributed by atoms with van der Waals surface area (Å²) in [7, 11) is 0. The highest BCUT2D eigenvalue weighted by atomic mass is 17.2. The molecule has 0 bridgehead atoms. The van der Waals surface area contributed by atoms with E-state index >= 15 is 0 Å². The lowest BCUT2D eigenvalue weighted by atomic mass is 10.1. The molecular weight excluding hydrogens is 172 g/mol. The summed E-state index contributed by atoms with van der Waals surface area (Å²) in [4.78, 5) is 20.4. The van der Waals surface area contributed by atoms with Crippen molar-refractivity contribution in [1.82, 2.24) is 0 Å². The van der Waals surface area contributed by atoms with E-state index in [-0.39, 0.29) is 5.97 Å². The fraction of sp³-hybridized carbons (Fsp3) is 0.889. The Morgan fingerprint density at radius 2 is 2.23 bits per heavy atom. The Bertz CT molecular complexity index is 174. The zero-order valence-corrected chi connectivity index (χ0v) is 8.17. The van der Waals surface area contributed by atoms with Crippen molar-refractivity contribution in [2.24, 2.45) is 0 Å². The standard InChI is InChI=1S/C9H16O4/c1-3-4-5-6-11-8(10)9(2)7-12-13-9/h3-7H2,1-2H3. The van der Waals surface area contributed by atoms with Crippen LogP contribution in [0.2, 0.25) is 0 Å². The van der Waals surface area contributed by atoms with Crippen LogP contribution in [0.1, 0.15) is 33.1 Å². The molecule has 76 valence electrons. The first kappa shape index (κ1) is 10.5. The van der Waals surface area contributed by atoms with Gasteiger partial charge in [-0.05, 0) is 13.3 Å². The van der Waals surface area contributed by atoms with Crippen molar-refractivity contribution in [3.8, 4) is 0 Å². The van der Waals surface area contributed by atoms with E-state index in [0.717, 1.165) is 19.3 Å². The van der Waals surface area contributed by atoms with Gasteiger partial charge in [-0.25, -0.2) is 14.6 Å². The summed E-state index contributed by atoms with van der Waals surface area (Å²) < 4.78 is 5.01. The average Bonchev–Trinajstić information content (AvgIpc) is 2.08. The molecule has 1 atom stereocenters. The number of carbonyl (C=O) groups is 1. The third-order valence-corrected chi connectivity index (χ3v) is 1.99. The highest BCUT2D eigenvalue weighted by molar-refractivity contribution is 5.79. The number of hydrogen-bond donors (Lipinski definition) is 0. The van der Waals surface area contributed by atoms with Gasteiger partial charge in [-0.15, -0.1) is 0 Å². The third kappa shape index (κ3) is 2.67. The summed E-state index contributed by atoms with van der Waals surface area (Å²) in [5.74, 6) is -0.324. The number of ether oxygens (including phenoxy) is 1. The van der Waals surface area contributed by atoms with Crippen LogP contribution < -0.4 is 0 Å². The topological polar surface area (TPSA) is 44.8 Å². The Kier molecular flexibility index (Phi) is 3.69. The first-order valence-electron chi connectivity index (χ1n) is 4.67. The van der Waals surface area contributed by atoms with E-state index in [1.807, 2.05) is 0 Å². The van der Waals surface area contributed by atoms with Crippen molar-refractivity contribution in [2.45, 2.75) is 38.7 Å². The van der Waals surface area contributed by atoms with E-state index in [1.54, 1.807) is 6.92 Å². The van der Waals surface area contributed by atoms with Crippen LogP contribution in [0, 0.1) is 0 Å². The quantitative estimate of drug-likeness (QED) is 0.372. The number of unbranched alkanes of at least 4 members (excludes halogenated alkanes) is 2. The summed E-state index contributed by atoms with van der Waals surface area (Å²) >= 11 is 0. The molecule has 0 aromatic heterocycles. The van der Waals surface area contributed by atoms with Gasteiger partial charge in [0.1, 0.15) is 6.61 Å². The summed E-state index contributed by atoms with van der Waals surface area (Å²) in [6.45, 7) is 4.54. The molecule has 0 aromatic rings. The van der Waals surface area contributed by atoms with Crippen LogP contribution in [-0.4, -0.2) is 24.8 Å². The van der Waals surface area contributed by atoms with E-state index in [2.05, 4.69) is 16.7 Å². The van der Waals surface area contributed by atoms with Gasteiger partial charge >= 0.3 is 5.97 Å². The molecule has 1 saturated heterocycles. The van der Waals surface area contributed by atoms with Gasteiger partial charge in [-0.3, -0.25) is 0 Å². The molecule has 0 amide bonds. The molecule has 1 aliphatic rings. The zero-order valence-electron chi connectivity index (χ0n) is 8.17. The highest BCUT2D eigenvalue weighted by Crippen LogP contribution is 2.22. The van der Waals surface area contributed by atoms with Gasteiger partial charge in [0.05, 0.1) is 6.61 Å². The molecule has 4 heteroatoms. The molecule has 1 unspecified atom stereocenters. The highest BCUT2D eigenvalue weighted by Gasteiger charge is 2.45. The van der Waals surface area contributed by atoms with E-state index in [4.69, 9.17) is 4.74 Å². The number of rotatable bonds is 5. The molecule has 0 spiro atoms. The van der Waals surface area contributed by atoms with Crippen LogP contribution in [0.25, 0.3) is 0 Å². The fourth-order valence-corrected chi connectivity index (χ4v) is 0.998. The summed E-state index contributed by atoms with van der Waals surface area (Å²) in [5, 5.41) is 0.